The molecule has 3 heterocycles. The van der Waals surface area contributed by atoms with Crippen molar-refractivity contribution in [1.82, 2.24) is 13.7 Å². The molecule has 0 aliphatic rings. The highest BCUT2D eigenvalue weighted by molar-refractivity contribution is 6.22. The van der Waals surface area contributed by atoms with Gasteiger partial charge in [0, 0.05) is 49.4 Å². The molecule has 0 atom stereocenters. The summed E-state index contributed by atoms with van der Waals surface area (Å²) in [5.41, 5.74) is 23.1. The summed E-state index contributed by atoms with van der Waals surface area (Å²) in [5.74, 6) is 0. The molecule has 0 N–H and O–H groups in total. The second-order valence-electron chi connectivity index (χ2n) is 25.3. The van der Waals surface area contributed by atoms with Crippen LogP contribution in [0.5, 0.6) is 0 Å². The highest BCUT2D eigenvalue weighted by atomic mass is 15.0. The Morgan fingerprint density at radius 2 is 0.447 bits per heavy atom. The zero-order valence-corrected chi connectivity index (χ0v) is 48.8. The van der Waals surface area contributed by atoms with Crippen LogP contribution in [0, 0.1) is 0 Å². The minimum absolute atomic E-state index is 0.0765. The lowest BCUT2D eigenvalue weighted by atomic mass is 9.86. The van der Waals surface area contributed by atoms with Crippen LogP contribution in [0.4, 0.5) is 0 Å². The minimum Gasteiger partial charge on any atom is -0.309 e. The van der Waals surface area contributed by atoms with E-state index >= 15 is 0 Å². The highest BCUT2D eigenvalue weighted by Crippen LogP contribution is 2.46. The number of nitrogens with zero attached hydrogens (tertiary/aromatic N) is 3. The van der Waals surface area contributed by atoms with Crippen LogP contribution in [-0.2, 0) is 10.8 Å². The van der Waals surface area contributed by atoms with Gasteiger partial charge in [-0.15, -0.1) is 0 Å². The van der Waals surface area contributed by atoms with Crippen molar-refractivity contribution in [1.29, 1.82) is 0 Å². The SMILES string of the molecule is CC(C)(C)c1ccc(-n2c3ccccc3c3cc(-c4ccc5c(c4)c4cc(-c6ccc7c(c6)c6ccccc6n7-c6ccc(C(C)(C)C)cc6)ccc4n5-c4ccc(-c5c6ccccc6c(-c6ccccc6)c6ccccc56)cc4)ccc32)cc1. The topological polar surface area (TPSA) is 14.8 Å². The maximum absolute atomic E-state index is 2.47. The molecule has 16 aromatic rings. The highest BCUT2D eigenvalue weighted by Gasteiger charge is 2.22. The molecular weight excluding hydrogens is 1030 g/mol. The quantitative estimate of drug-likeness (QED) is 0.141. The van der Waals surface area contributed by atoms with Crippen molar-refractivity contribution >= 4 is 87.0 Å². The van der Waals surface area contributed by atoms with Crippen molar-refractivity contribution in [3.05, 3.63) is 284 Å². The van der Waals surface area contributed by atoms with Crippen LogP contribution in [0.25, 0.3) is 149 Å². The fraction of sp³-hybridized carbons (Fsp3) is 0.0976. The summed E-state index contributed by atoms with van der Waals surface area (Å²) in [6, 6.07) is 102. The Morgan fingerprint density at radius 1 is 0.200 bits per heavy atom. The van der Waals surface area contributed by atoms with E-state index in [9.17, 15) is 0 Å². The van der Waals surface area contributed by atoms with Gasteiger partial charge in [0.2, 0.25) is 0 Å². The Hall–Kier alpha value is -10.2. The Bertz CT molecular complexity index is 5040. The molecule has 13 aromatic carbocycles. The van der Waals surface area contributed by atoms with Gasteiger partial charge < -0.3 is 13.7 Å². The molecule has 0 spiro atoms. The molecule has 0 unspecified atom stereocenters. The third-order valence-electron chi connectivity index (χ3n) is 18.2. The third-order valence-corrected chi connectivity index (χ3v) is 18.2. The average Bonchev–Trinajstić information content (AvgIpc) is 2.08. The molecule has 0 bridgehead atoms. The number of benzene rings is 13. The Kier molecular flexibility index (Phi) is 11.4. The Morgan fingerprint density at radius 3 is 0.776 bits per heavy atom. The molecule has 3 heteroatoms. The van der Waals surface area contributed by atoms with Gasteiger partial charge in [-0.25, -0.2) is 0 Å². The van der Waals surface area contributed by atoms with E-state index < -0.39 is 0 Å². The first kappa shape index (κ1) is 50.5. The van der Waals surface area contributed by atoms with Crippen LogP contribution in [0.2, 0.25) is 0 Å². The number of rotatable bonds is 7. The van der Waals surface area contributed by atoms with Crippen LogP contribution >= 0.6 is 0 Å². The van der Waals surface area contributed by atoms with Gasteiger partial charge >= 0.3 is 0 Å². The summed E-state index contributed by atoms with van der Waals surface area (Å²) < 4.78 is 7.32. The van der Waals surface area contributed by atoms with E-state index in [0.717, 1.165) is 5.69 Å². The van der Waals surface area contributed by atoms with Crippen molar-refractivity contribution in [2.45, 2.75) is 52.4 Å². The maximum Gasteiger partial charge on any atom is 0.0541 e. The van der Waals surface area contributed by atoms with E-state index in [2.05, 4.69) is 328 Å². The molecule has 0 amide bonds. The normalized spacial score (nSPS) is 12.4. The van der Waals surface area contributed by atoms with Gasteiger partial charge in [-0.05, 0) is 185 Å². The van der Waals surface area contributed by atoms with Crippen LogP contribution < -0.4 is 0 Å². The maximum atomic E-state index is 2.47. The second-order valence-corrected chi connectivity index (χ2v) is 25.3. The van der Waals surface area contributed by atoms with Crippen LogP contribution in [0.15, 0.2) is 273 Å². The summed E-state index contributed by atoms with van der Waals surface area (Å²) in [7, 11) is 0. The molecule has 0 radical (unpaired) electrons. The smallest absolute Gasteiger partial charge is 0.0541 e. The number of fused-ring (bicyclic) bond motifs is 11. The zero-order valence-electron chi connectivity index (χ0n) is 48.8. The van der Waals surface area contributed by atoms with Crippen molar-refractivity contribution in [3.8, 4) is 61.6 Å². The fourth-order valence-corrected chi connectivity index (χ4v) is 13.9. The predicted octanol–water partition coefficient (Wildman–Crippen LogP) is 22.5. The van der Waals surface area contributed by atoms with Crippen molar-refractivity contribution in [3.63, 3.8) is 0 Å². The first-order valence-electron chi connectivity index (χ1n) is 29.9. The van der Waals surface area contributed by atoms with Crippen molar-refractivity contribution in [2.75, 3.05) is 0 Å². The first-order chi connectivity index (χ1) is 41.4. The molecule has 0 aliphatic carbocycles. The van der Waals surface area contributed by atoms with Crippen molar-refractivity contribution in [2.24, 2.45) is 0 Å². The molecule has 0 fully saturated rings. The van der Waals surface area contributed by atoms with E-state index in [4.69, 9.17) is 0 Å². The van der Waals surface area contributed by atoms with Gasteiger partial charge in [-0.1, -0.05) is 217 Å². The summed E-state index contributed by atoms with van der Waals surface area (Å²) in [6.45, 7) is 13.7. The van der Waals surface area contributed by atoms with Gasteiger partial charge in [0.05, 0.1) is 33.1 Å². The summed E-state index contributed by atoms with van der Waals surface area (Å²) in [6.07, 6.45) is 0. The monoisotopic (exact) mass is 1090 g/mol. The van der Waals surface area contributed by atoms with Crippen LogP contribution in [0.3, 0.4) is 0 Å². The zero-order chi connectivity index (χ0) is 57.3. The fourth-order valence-electron chi connectivity index (χ4n) is 13.9. The van der Waals surface area contributed by atoms with Crippen LogP contribution in [0.1, 0.15) is 52.7 Å². The summed E-state index contributed by atoms with van der Waals surface area (Å²) >= 11 is 0. The molecule has 0 aliphatic heterocycles. The van der Waals surface area contributed by atoms with E-state index in [1.807, 2.05) is 0 Å². The van der Waals surface area contributed by atoms with E-state index in [0.29, 0.717) is 0 Å². The van der Waals surface area contributed by atoms with E-state index in [1.165, 1.54) is 154 Å². The largest absolute Gasteiger partial charge is 0.309 e. The van der Waals surface area contributed by atoms with Crippen LogP contribution in [-0.4, -0.2) is 13.7 Å². The number of hydrogen-bond donors (Lipinski definition) is 0. The summed E-state index contributed by atoms with van der Waals surface area (Å²) in [5, 5.41) is 12.4. The average molecular weight is 1090 g/mol. The second kappa shape index (κ2) is 19.2. The minimum atomic E-state index is 0.0765. The first-order valence-corrected chi connectivity index (χ1v) is 29.9. The standard InChI is InChI=1S/C82H63N3/c1-81(2,3)58-34-40-61(41-35-58)83-73-26-16-14-20-63(73)69-48-54(30-44-75(69)83)56-32-46-77-71(50-56)72-51-57(55-31-45-76-70(49-55)64-21-15-17-27-74(64)84(76)62-42-36-59(37-43-62)82(4,5)6)33-47-78(72)85(77)60-38-28-53(29-39-60)80-67-24-12-10-22-65(67)79(52-18-8-7-9-19-52)66-23-11-13-25-68(66)80/h7-51H,1-6H3. The number of aromatic nitrogens is 3. The van der Waals surface area contributed by atoms with Gasteiger partial charge in [-0.3, -0.25) is 0 Å². The number of para-hydroxylation sites is 2. The molecular formula is C82H63N3. The molecule has 85 heavy (non-hydrogen) atoms. The van der Waals surface area contributed by atoms with Gasteiger partial charge in [0.15, 0.2) is 0 Å². The van der Waals surface area contributed by atoms with Crippen molar-refractivity contribution < 1.29 is 0 Å². The summed E-state index contributed by atoms with van der Waals surface area (Å²) in [4.78, 5) is 0. The van der Waals surface area contributed by atoms with E-state index in [-0.39, 0.29) is 10.8 Å². The van der Waals surface area contributed by atoms with E-state index in [1.54, 1.807) is 0 Å². The Balaban J connectivity index is 0.863. The molecule has 0 saturated carbocycles. The van der Waals surface area contributed by atoms with Gasteiger partial charge in [-0.2, -0.15) is 0 Å². The molecule has 0 saturated heterocycles. The molecule has 406 valence electrons. The molecule has 16 rings (SSSR count). The van der Waals surface area contributed by atoms with Gasteiger partial charge in [0.1, 0.15) is 0 Å². The Labute approximate surface area is 495 Å². The van der Waals surface area contributed by atoms with Gasteiger partial charge in [0.25, 0.3) is 0 Å². The lowest BCUT2D eigenvalue weighted by Gasteiger charge is -2.19. The lowest BCUT2D eigenvalue weighted by molar-refractivity contribution is 0.590. The molecule has 3 nitrogen and oxygen atoms in total. The number of hydrogen-bond acceptors (Lipinski definition) is 0. The lowest BCUT2D eigenvalue weighted by Crippen LogP contribution is -2.10. The molecule has 3 aromatic heterocycles. The predicted molar refractivity (Wildman–Crippen MR) is 364 cm³/mol. The third kappa shape index (κ3) is 8.16.